The van der Waals surface area contributed by atoms with Gasteiger partial charge in [0.25, 0.3) is 0 Å². The fraction of sp³-hybridized carbons (Fsp3) is 0.850. The number of halogens is 1. The number of aliphatic hydroxyl groups is 1. The lowest BCUT2D eigenvalue weighted by atomic mass is 9.56. The van der Waals surface area contributed by atoms with Gasteiger partial charge >= 0.3 is 6.09 Å². The Morgan fingerprint density at radius 1 is 1.08 bits per heavy atom. The number of aliphatic hydroxyl groups excluding tert-OH is 1. The van der Waals surface area contributed by atoms with E-state index >= 15 is 0 Å². The summed E-state index contributed by atoms with van der Waals surface area (Å²) in [6, 6.07) is 0. The average molecular weight is 723 g/mol. The molecule has 2 spiro atoms. The van der Waals surface area contributed by atoms with Crippen LogP contribution in [0.15, 0.2) is 0 Å². The monoisotopic (exact) mass is 722 g/mol. The molecule has 0 aromatic rings. The van der Waals surface area contributed by atoms with Gasteiger partial charge in [0.1, 0.15) is 0 Å². The Bertz CT molecular complexity index is 1180. The average Bonchev–Trinajstić information content (AvgIpc) is 3.47. The fourth-order valence-corrected chi connectivity index (χ4v) is 15.7. The number of methoxy groups -OCH3 is 1. The second kappa shape index (κ2) is 17.7. The minimum Gasteiger partial charge on any atom is -0.453 e. The van der Waals surface area contributed by atoms with Gasteiger partial charge in [0.05, 0.1) is 38.6 Å². The van der Waals surface area contributed by atoms with Crippen LogP contribution in [0.2, 0.25) is 0 Å². The molecule has 3 heterocycles. The second-order valence-electron chi connectivity index (χ2n) is 16.1. The molecule has 0 aromatic heterocycles. The number of hydrogen-bond donors (Lipinski definition) is 1. The first-order valence-electron chi connectivity index (χ1n) is 18.8. The van der Waals surface area contributed by atoms with E-state index in [2.05, 4.69) is 50.5 Å². The van der Waals surface area contributed by atoms with Crippen molar-refractivity contribution in [1.82, 2.24) is 9.80 Å². The Balaban J connectivity index is 0.000000360. The van der Waals surface area contributed by atoms with Gasteiger partial charge in [0.15, 0.2) is 6.29 Å². The van der Waals surface area contributed by atoms with Crippen LogP contribution in [0.25, 0.3) is 0 Å². The van der Waals surface area contributed by atoms with Gasteiger partial charge in [-0.15, -0.1) is 25.7 Å². The Kier molecular flexibility index (Phi) is 15.0. The number of fused-ring (bicyclic) bond motifs is 2. The molecule has 10 heteroatoms. The highest BCUT2D eigenvalue weighted by Crippen LogP contribution is 2.89. The molecule has 0 bridgehead atoms. The summed E-state index contributed by atoms with van der Waals surface area (Å²) in [6.07, 6.45) is 26.1. The molecule has 2 amide bonds. The summed E-state index contributed by atoms with van der Waals surface area (Å²) in [7, 11) is 2.34. The molecule has 8 nitrogen and oxygen atoms in total. The summed E-state index contributed by atoms with van der Waals surface area (Å²) >= 11 is 0. The van der Waals surface area contributed by atoms with E-state index in [1.54, 1.807) is 7.05 Å². The molecule has 12 atom stereocenters. The van der Waals surface area contributed by atoms with E-state index < -0.39 is 16.2 Å². The van der Waals surface area contributed by atoms with E-state index in [1.807, 2.05) is 18.7 Å². The number of nitrogens with zero attached hydrogens (tertiary/aromatic N) is 2. The van der Waals surface area contributed by atoms with Gasteiger partial charge < -0.3 is 29.1 Å². The number of amides is 2. The third-order valence-electron chi connectivity index (χ3n) is 13.5. The van der Waals surface area contributed by atoms with Crippen molar-refractivity contribution in [2.75, 3.05) is 58.2 Å². The molecular weight excluding hydrogens is 656 g/mol. The lowest BCUT2D eigenvalue weighted by Crippen LogP contribution is -2.53. The lowest BCUT2D eigenvalue weighted by Gasteiger charge is -2.58. The molecule has 6 fully saturated rings. The summed E-state index contributed by atoms with van der Waals surface area (Å²) in [5.74, 6) is 5.72. The first-order chi connectivity index (χ1) is 23.7. The minimum atomic E-state index is -0.795. The van der Waals surface area contributed by atoms with E-state index in [4.69, 9.17) is 9.47 Å². The molecule has 3 aliphatic heterocycles. The van der Waals surface area contributed by atoms with Crippen LogP contribution in [0.1, 0.15) is 86.0 Å². The van der Waals surface area contributed by atoms with Crippen LogP contribution >= 0.6 is 10.0 Å². The van der Waals surface area contributed by atoms with Gasteiger partial charge in [0, 0.05) is 31.8 Å². The van der Waals surface area contributed by atoms with Crippen molar-refractivity contribution < 1.29 is 33.3 Å². The zero-order valence-corrected chi connectivity index (χ0v) is 33.0. The Morgan fingerprint density at radius 2 is 1.72 bits per heavy atom. The van der Waals surface area contributed by atoms with E-state index in [1.165, 1.54) is 50.4 Å². The van der Waals surface area contributed by atoms with E-state index in [0.717, 1.165) is 41.6 Å². The van der Waals surface area contributed by atoms with E-state index in [0.29, 0.717) is 55.8 Å². The number of ether oxygens (including phenoxy) is 3. The summed E-state index contributed by atoms with van der Waals surface area (Å²) in [4.78, 5) is 26.7. The molecule has 6 rings (SSSR count). The molecule has 0 radical (unpaired) electrons. The van der Waals surface area contributed by atoms with Crippen LogP contribution < -0.4 is 0 Å². The van der Waals surface area contributed by atoms with E-state index in [-0.39, 0.29) is 36.4 Å². The number of alkyl halides is 1. The Labute approximate surface area is 304 Å². The SMILES string of the molecule is C#C.C#C.CC(C)C(=O)N1CCOC(O[C@H]2CC[C@]34C(C)[C@]35CCS3(C)C[C@H](O)CC3[C@@H]5CC[C@H]4C2C)C1.COC(=O)N(C)CCC[C@@H](C)F. The van der Waals surface area contributed by atoms with Crippen molar-refractivity contribution in [3.05, 3.63) is 0 Å². The topological polar surface area (TPSA) is 88.5 Å². The van der Waals surface area contributed by atoms with Crippen molar-refractivity contribution in [2.45, 2.75) is 116 Å². The number of terminal acetylenes is 2. The molecule has 0 aromatic carbocycles. The summed E-state index contributed by atoms with van der Waals surface area (Å²) in [5.41, 5.74) is 1.05. The van der Waals surface area contributed by atoms with Crippen LogP contribution in [-0.2, 0) is 19.0 Å². The zero-order valence-electron chi connectivity index (χ0n) is 32.2. The molecule has 1 N–H and O–H groups in total. The summed E-state index contributed by atoms with van der Waals surface area (Å²) in [5, 5.41) is 11.4. The quantitative estimate of drug-likeness (QED) is 0.299. The highest BCUT2D eigenvalue weighted by molar-refractivity contribution is 8.33. The molecule has 3 aliphatic carbocycles. The molecule has 5 unspecified atom stereocenters. The minimum absolute atomic E-state index is 0.0232. The van der Waals surface area contributed by atoms with Crippen molar-refractivity contribution in [1.29, 1.82) is 0 Å². The maximum atomic E-state index is 12.5. The smallest absolute Gasteiger partial charge is 0.409 e. The van der Waals surface area contributed by atoms with Gasteiger partial charge in [-0.25, -0.2) is 19.2 Å². The maximum Gasteiger partial charge on any atom is 0.409 e. The van der Waals surface area contributed by atoms with Crippen LogP contribution in [-0.4, -0.2) is 115 Å². The molecule has 286 valence electrons. The number of hydrogen-bond acceptors (Lipinski definition) is 6. The van der Waals surface area contributed by atoms with Crippen LogP contribution in [0, 0.1) is 66.1 Å². The molecule has 50 heavy (non-hydrogen) atoms. The van der Waals surface area contributed by atoms with Crippen LogP contribution in [0.4, 0.5) is 9.18 Å². The first-order valence-corrected chi connectivity index (χ1v) is 21.2. The standard InChI is InChI=1S/C28H47NO4S.C8H16FNO2.2C2H2/c1-17(2)26(31)29-11-12-32-25(15-29)33-23-8-9-27-19(4)28(27)10-13-34(5)16-20(30)14-24(34)22(28)7-6-21(27)18(23)3;1-7(9)5-4-6-10(2)8(11)12-3;2*1-2/h17-25,30H,6-16H2,1-5H3;7H,4-6H2,1-3H3;2*1-2H/t18?,19?,20-,21+,22+,23+,24?,25?,27-,28+;7-;;/m11../s1. The first kappa shape index (κ1) is 42.4. The Morgan fingerprint density at radius 3 is 2.34 bits per heavy atom. The third kappa shape index (κ3) is 7.99. The number of rotatable bonds is 7. The predicted molar refractivity (Wildman–Crippen MR) is 202 cm³/mol. The molecule has 3 saturated heterocycles. The normalized spacial score (nSPS) is 41.1. The maximum absolute atomic E-state index is 12.5. The zero-order chi connectivity index (χ0) is 37.6. The highest BCUT2D eigenvalue weighted by Gasteiger charge is 2.82. The fourth-order valence-electron chi connectivity index (χ4n) is 11.3. The van der Waals surface area contributed by atoms with Crippen molar-refractivity contribution in [3.63, 3.8) is 0 Å². The van der Waals surface area contributed by atoms with Gasteiger partial charge in [-0.05, 0) is 110 Å². The largest absolute Gasteiger partial charge is 0.453 e. The second-order valence-corrected chi connectivity index (χ2v) is 20.2. The van der Waals surface area contributed by atoms with Gasteiger partial charge in [-0.1, -0.05) is 27.7 Å². The lowest BCUT2D eigenvalue weighted by molar-refractivity contribution is -0.226. The molecular formula is C40H67FN2O6S. The number of carbonyl (C=O) groups excluding carboxylic acids is 2. The number of morpholine rings is 1. The molecule has 6 aliphatic rings. The van der Waals surface area contributed by atoms with Gasteiger partial charge in [0.2, 0.25) is 5.91 Å². The van der Waals surface area contributed by atoms with Crippen molar-refractivity contribution in [2.24, 2.45) is 40.4 Å². The van der Waals surface area contributed by atoms with Crippen molar-refractivity contribution >= 4 is 22.0 Å². The third-order valence-corrected chi connectivity index (χ3v) is 17.8. The molecule has 3 saturated carbocycles. The van der Waals surface area contributed by atoms with E-state index in [9.17, 15) is 19.1 Å². The number of carbonyl (C=O) groups is 2. The predicted octanol–water partition coefficient (Wildman–Crippen LogP) is 6.58. The summed E-state index contributed by atoms with van der Waals surface area (Å²) in [6.45, 7) is 12.9. The Hall–Kier alpha value is -1.98. The highest BCUT2D eigenvalue weighted by atomic mass is 32.3. The van der Waals surface area contributed by atoms with Crippen LogP contribution in [0.5, 0.6) is 0 Å². The summed E-state index contributed by atoms with van der Waals surface area (Å²) < 4.78 is 29.4. The van der Waals surface area contributed by atoms with Crippen molar-refractivity contribution in [3.8, 4) is 25.7 Å². The van der Waals surface area contributed by atoms with Gasteiger partial charge in [-0.3, -0.25) is 4.79 Å². The van der Waals surface area contributed by atoms with Gasteiger partial charge in [-0.2, -0.15) is 0 Å². The van der Waals surface area contributed by atoms with Crippen LogP contribution in [0.3, 0.4) is 0 Å².